The number of pyridine rings is 2. The van der Waals surface area contributed by atoms with Gasteiger partial charge in [0.2, 0.25) is 5.91 Å². The number of carbonyl (C=O) groups is 1. The van der Waals surface area contributed by atoms with Gasteiger partial charge in [-0.05, 0) is 61.2 Å². The molecule has 0 aromatic carbocycles. The highest BCUT2D eigenvalue weighted by atomic mass is 16.2. The van der Waals surface area contributed by atoms with Gasteiger partial charge in [-0.2, -0.15) is 0 Å². The van der Waals surface area contributed by atoms with E-state index in [1.165, 1.54) is 5.56 Å². The van der Waals surface area contributed by atoms with Gasteiger partial charge in [-0.1, -0.05) is 0 Å². The molecule has 1 spiro atoms. The molecule has 2 aromatic rings. The summed E-state index contributed by atoms with van der Waals surface area (Å²) in [5.41, 5.74) is 2.24. The molecule has 2 fully saturated rings. The molecule has 0 bridgehead atoms. The summed E-state index contributed by atoms with van der Waals surface area (Å²) in [6.07, 6.45) is 10.4. The lowest BCUT2D eigenvalue weighted by Crippen LogP contribution is -2.47. The third-order valence-corrected chi connectivity index (χ3v) is 5.54. The van der Waals surface area contributed by atoms with Crippen molar-refractivity contribution in [2.24, 2.45) is 5.41 Å². The van der Waals surface area contributed by atoms with Gasteiger partial charge >= 0.3 is 0 Å². The van der Waals surface area contributed by atoms with Gasteiger partial charge in [0.15, 0.2) is 0 Å². The van der Waals surface area contributed by atoms with Crippen LogP contribution in [0.1, 0.15) is 30.4 Å². The molecular formula is C20H24N4O. The molecule has 2 aromatic heterocycles. The van der Waals surface area contributed by atoms with Crippen molar-refractivity contribution in [2.75, 3.05) is 19.6 Å². The topological polar surface area (TPSA) is 49.3 Å². The van der Waals surface area contributed by atoms with Crippen LogP contribution in [-0.4, -0.2) is 45.3 Å². The zero-order valence-corrected chi connectivity index (χ0v) is 14.5. The van der Waals surface area contributed by atoms with E-state index in [0.29, 0.717) is 12.5 Å². The van der Waals surface area contributed by atoms with E-state index in [0.717, 1.165) is 51.0 Å². The maximum atomic E-state index is 13.2. The number of amides is 1. The summed E-state index contributed by atoms with van der Waals surface area (Å²) in [6, 6.07) is 8.12. The second kappa shape index (κ2) is 6.92. The first kappa shape index (κ1) is 16.2. The van der Waals surface area contributed by atoms with E-state index in [9.17, 15) is 4.79 Å². The van der Waals surface area contributed by atoms with Crippen LogP contribution in [0.15, 0.2) is 49.1 Å². The van der Waals surface area contributed by atoms with Crippen molar-refractivity contribution in [1.29, 1.82) is 0 Å². The number of aromatic nitrogens is 2. The molecular weight excluding hydrogens is 312 g/mol. The van der Waals surface area contributed by atoms with E-state index >= 15 is 0 Å². The smallest absolute Gasteiger partial charge is 0.230 e. The van der Waals surface area contributed by atoms with Gasteiger partial charge in [0.1, 0.15) is 0 Å². The second-order valence-corrected chi connectivity index (χ2v) is 7.28. The summed E-state index contributed by atoms with van der Waals surface area (Å²) in [4.78, 5) is 25.8. The van der Waals surface area contributed by atoms with Crippen LogP contribution in [0.3, 0.4) is 0 Å². The molecule has 5 heteroatoms. The third kappa shape index (κ3) is 3.42. The monoisotopic (exact) mass is 336 g/mol. The molecule has 2 aliphatic heterocycles. The highest BCUT2D eigenvalue weighted by molar-refractivity contribution is 5.85. The quantitative estimate of drug-likeness (QED) is 0.861. The van der Waals surface area contributed by atoms with Crippen LogP contribution >= 0.6 is 0 Å². The van der Waals surface area contributed by atoms with Crippen molar-refractivity contribution in [3.63, 3.8) is 0 Å². The Morgan fingerprint density at radius 2 is 1.52 bits per heavy atom. The SMILES string of the molecule is O=C1N(Cc2ccncc2)CC[C@@]12CCCN(Cc1ccncc1)C2. The molecule has 4 heterocycles. The molecule has 5 nitrogen and oxygen atoms in total. The molecule has 0 aliphatic carbocycles. The number of rotatable bonds is 4. The van der Waals surface area contributed by atoms with Gasteiger partial charge < -0.3 is 4.90 Å². The van der Waals surface area contributed by atoms with Gasteiger partial charge in [-0.15, -0.1) is 0 Å². The van der Waals surface area contributed by atoms with E-state index in [1.807, 2.05) is 29.4 Å². The van der Waals surface area contributed by atoms with Crippen molar-refractivity contribution in [1.82, 2.24) is 19.8 Å². The average Bonchev–Trinajstić information content (AvgIpc) is 2.93. The van der Waals surface area contributed by atoms with E-state index in [1.54, 1.807) is 12.4 Å². The maximum absolute atomic E-state index is 13.2. The van der Waals surface area contributed by atoms with E-state index in [2.05, 4.69) is 27.0 Å². The van der Waals surface area contributed by atoms with E-state index in [4.69, 9.17) is 0 Å². The Bertz CT molecular complexity index is 721. The molecule has 1 amide bonds. The zero-order chi connectivity index (χ0) is 17.1. The summed E-state index contributed by atoms with van der Waals surface area (Å²) in [7, 11) is 0. The molecule has 4 rings (SSSR count). The predicted octanol–water partition coefficient (Wildman–Crippen LogP) is 2.49. The van der Waals surface area contributed by atoms with Crippen LogP contribution in [0.2, 0.25) is 0 Å². The fourth-order valence-corrected chi connectivity index (χ4v) is 4.24. The Morgan fingerprint density at radius 1 is 0.880 bits per heavy atom. The Kier molecular flexibility index (Phi) is 4.49. The summed E-state index contributed by atoms with van der Waals surface area (Å²) >= 11 is 0. The third-order valence-electron chi connectivity index (χ3n) is 5.54. The first-order chi connectivity index (χ1) is 12.3. The van der Waals surface area contributed by atoms with Crippen molar-refractivity contribution in [2.45, 2.75) is 32.4 Å². The normalized spacial score (nSPS) is 24.2. The number of likely N-dealkylation sites (tertiary alicyclic amines) is 2. The van der Waals surface area contributed by atoms with Crippen molar-refractivity contribution in [3.8, 4) is 0 Å². The fourth-order valence-electron chi connectivity index (χ4n) is 4.24. The molecule has 0 N–H and O–H groups in total. The van der Waals surface area contributed by atoms with Gasteiger partial charge in [0.05, 0.1) is 5.41 Å². The maximum Gasteiger partial charge on any atom is 0.230 e. The summed E-state index contributed by atoms with van der Waals surface area (Å²) in [6.45, 7) is 4.42. The zero-order valence-electron chi connectivity index (χ0n) is 14.5. The lowest BCUT2D eigenvalue weighted by Gasteiger charge is -2.39. The van der Waals surface area contributed by atoms with Crippen LogP contribution in [0, 0.1) is 5.41 Å². The van der Waals surface area contributed by atoms with Gasteiger partial charge in [0.25, 0.3) is 0 Å². The highest BCUT2D eigenvalue weighted by Gasteiger charge is 2.48. The van der Waals surface area contributed by atoms with Gasteiger partial charge in [0, 0.05) is 51.0 Å². The van der Waals surface area contributed by atoms with Crippen molar-refractivity contribution < 1.29 is 4.79 Å². The Balaban J connectivity index is 1.43. The van der Waals surface area contributed by atoms with Crippen molar-refractivity contribution in [3.05, 3.63) is 60.2 Å². The number of hydrogen-bond acceptors (Lipinski definition) is 4. The van der Waals surface area contributed by atoms with Crippen LogP contribution < -0.4 is 0 Å². The van der Waals surface area contributed by atoms with Crippen LogP contribution in [0.4, 0.5) is 0 Å². The lowest BCUT2D eigenvalue weighted by molar-refractivity contribution is -0.139. The standard InChI is InChI=1S/C20H24N4O/c25-19-20(7-13-24(19)15-18-4-10-22-11-5-18)6-1-12-23(16-20)14-17-2-8-21-9-3-17/h2-5,8-11H,1,6-7,12-16H2/t20-/m1/s1. The minimum Gasteiger partial charge on any atom is -0.338 e. The highest BCUT2D eigenvalue weighted by Crippen LogP contribution is 2.41. The number of carbonyl (C=O) groups excluding carboxylic acids is 1. The molecule has 0 radical (unpaired) electrons. The first-order valence-corrected chi connectivity index (χ1v) is 9.05. The summed E-state index contributed by atoms with van der Waals surface area (Å²) < 4.78 is 0. The lowest BCUT2D eigenvalue weighted by atomic mass is 9.78. The number of nitrogens with zero attached hydrogens (tertiary/aromatic N) is 4. The van der Waals surface area contributed by atoms with Crippen LogP contribution in [-0.2, 0) is 17.9 Å². The minimum atomic E-state index is -0.182. The average molecular weight is 336 g/mol. The molecule has 1 atom stereocenters. The van der Waals surface area contributed by atoms with Gasteiger partial charge in [-0.3, -0.25) is 19.7 Å². The molecule has 25 heavy (non-hydrogen) atoms. The molecule has 2 aliphatic rings. The van der Waals surface area contributed by atoms with Crippen LogP contribution in [0.25, 0.3) is 0 Å². The molecule has 0 saturated carbocycles. The minimum absolute atomic E-state index is 0.182. The molecule has 2 saturated heterocycles. The van der Waals surface area contributed by atoms with E-state index in [-0.39, 0.29) is 5.41 Å². The Morgan fingerprint density at radius 3 is 2.20 bits per heavy atom. The number of hydrogen-bond donors (Lipinski definition) is 0. The largest absolute Gasteiger partial charge is 0.338 e. The molecule has 130 valence electrons. The summed E-state index contributed by atoms with van der Waals surface area (Å²) in [5, 5.41) is 0. The van der Waals surface area contributed by atoms with Crippen LogP contribution in [0.5, 0.6) is 0 Å². The fraction of sp³-hybridized carbons (Fsp3) is 0.450. The first-order valence-electron chi connectivity index (χ1n) is 9.05. The molecule has 0 unspecified atom stereocenters. The predicted molar refractivity (Wildman–Crippen MR) is 95.5 cm³/mol. The Hall–Kier alpha value is -2.27. The summed E-state index contributed by atoms with van der Waals surface area (Å²) in [5.74, 6) is 0.337. The Labute approximate surface area is 148 Å². The van der Waals surface area contributed by atoms with Gasteiger partial charge in [-0.25, -0.2) is 0 Å². The van der Waals surface area contributed by atoms with E-state index < -0.39 is 0 Å². The number of piperidine rings is 1. The van der Waals surface area contributed by atoms with Crippen molar-refractivity contribution >= 4 is 5.91 Å². The second-order valence-electron chi connectivity index (χ2n) is 7.28.